The molecule has 0 aliphatic carbocycles. The van der Waals surface area contributed by atoms with Gasteiger partial charge in [0.15, 0.2) is 5.01 Å². The molecule has 158 valence electrons. The number of rotatable bonds is 11. The van der Waals surface area contributed by atoms with Crippen molar-refractivity contribution in [2.45, 2.75) is 45.4 Å². The van der Waals surface area contributed by atoms with E-state index >= 15 is 0 Å². The molecule has 3 aromatic rings. The molecule has 0 saturated carbocycles. The zero-order valence-electron chi connectivity index (χ0n) is 17.1. The third kappa shape index (κ3) is 6.29. The summed E-state index contributed by atoms with van der Waals surface area (Å²) in [5.74, 6) is 0.288. The number of nitrogens with zero attached hydrogens (tertiary/aromatic N) is 2. The number of ether oxygens (including phenoxy) is 1. The highest BCUT2D eigenvalue weighted by Gasteiger charge is 2.11. The van der Waals surface area contributed by atoms with Crippen LogP contribution < -0.4 is 10.2 Å². The van der Waals surface area contributed by atoms with Gasteiger partial charge in [-0.15, -0.1) is 11.3 Å². The number of carbonyl (C=O) groups excluding carboxylic acids is 1. The fourth-order valence-corrected chi connectivity index (χ4v) is 3.83. The minimum Gasteiger partial charge on any atom is -0.507 e. The van der Waals surface area contributed by atoms with E-state index in [0.29, 0.717) is 22.9 Å². The summed E-state index contributed by atoms with van der Waals surface area (Å²) in [5.41, 5.74) is 3.72. The molecule has 6 nitrogen and oxygen atoms in total. The molecule has 0 fully saturated rings. The van der Waals surface area contributed by atoms with Crippen molar-refractivity contribution in [3.8, 4) is 11.5 Å². The molecule has 2 N–H and O–H groups in total. The van der Waals surface area contributed by atoms with Gasteiger partial charge in [-0.05, 0) is 30.7 Å². The second-order valence-corrected chi connectivity index (χ2v) is 8.05. The van der Waals surface area contributed by atoms with Crippen molar-refractivity contribution in [3.63, 3.8) is 0 Å². The van der Waals surface area contributed by atoms with Crippen LogP contribution in [0.25, 0.3) is 10.2 Å². The molecule has 0 unspecified atom stereocenters. The molecule has 2 aromatic carbocycles. The van der Waals surface area contributed by atoms with E-state index in [4.69, 9.17) is 4.74 Å². The van der Waals surface area contributed by atoms with Crippen LogP contribution in [0.1, 0.15) is 60.8 Å². The summed E-state index contributed by atoms with van der Waals surface area (Å²) in [6, 6.07) is 12.6. The van der Waals surface area contributed by atoms with Crippen molar-refractivity contribution in [1.82, 2.24) is 10.4 Å². The lowest BCUT2D eigenvalue weighted by molar-refractivity contribution is 0.0955. The molecule has 1 heterocycles. The highest BCUT2D eigenvalue weighted by atomic mass is 32.1. The van der Waals surface area contributed by atoms with Crippen LogP contribution in [0.2, 0.25) is 0 Å². The number of carbonyl (C=O) groups is 1. The van der Waals surface area contributed by atoms with Crippen LogP contribution >= 0.6 is 11.3 Å². The topological polar surface area (TPSA) is 83.8 Å². The number of unbranched alkanes of at least 4 members (excludes halogenated alkanes) is 5. The minimum absolute atomic E-state index is 0.0495. The van der Waals surface area contributed by atoms with Crippen molar-refractivity contribution >= 4 is 33.7 Å². The summed E-state index contributed by atoms with van der Waals surface area (Å²) in [7, 11) is 0. The maximum absolute atomic E-state index is 12.2. The van der Waals surface area contributed by atoms with Crippen LogP contribution in [-0.4, -0.2) is 28.8 Å². The number of nitrogens with one attached hydrogen (secondary N) is 1. The molecule has 1 aromatic heterocycles. The predicted octanol–water partition coefficient (Wildman–Crippen LogP) is 5.51. The number of fused-ring (bicyclic) bond motifs is 1. The number of aromatic nitrogens is 1. The van der Waals surface area contributed by atoms with E-state index in [1.165, 1.54) is 43.2 Å². The number of amides is 1. The summed E-state index contributed by atoms with van der Waals surface area (Å²) in [6.07, 6.45) is 8.62. The number of thiazole rings is 1. The largest absolute Gasteiger partial charge is 0.507 e. The Morgan fingerprint density at radius 2 is 1.97 bits per heavy atom. The van der Waals surface area contributed by atoms with Gasteiger partial charge in [-0.25, -0.2) is 10.4 Å². The molecular weight excluding hydrogens is 398 g/mol. The molecule has 7 heteroatoms. The van der Waals surface area contributed by atoms with Gasteiger partial charge in [-0.2, -0.15) is 5.10 Å². The first-order chi connectivity index (χ1) is 14.7. The molecule has 30 heavy (non-hydrogen) atoms. The molecule has 0 saturated heterocycles. The second kappa shape index (κ2) is 11.3. The molecular formula is C23H27N3O3S. The third-order valence-electron chi connectivity index (χ3n) is 4.63. The molecule has 0 atom stereocenters. The molecule has 0 aliphatic heterocycles. The first-order valence-corrected chi connectivity index (χ1v) is 11.1. The smallest absolute Gasteiger partial charge is 0.300 e. The SMILES string of the molecule is CCCCCCCCOc1ccc(/C=N/NC(=O)c2nc3ccccc3s2)c(O)c1. The van der Waals surface area contributed by atoms with Gasteiger partial charge in [0.1, 0.15) is 11.5 Å². The zero-order valence-corrected chi connectivity index (χ0v) is 18.0. The first kappa shape index (κ1) is 21.8. The Morgan fingerprint density at radius 3 is 2.77 bits per heavy atom. The van der Waals surface area contributed by atoms with Crippen LogP contribution in [0.4, 0.5) is 0 Å². The number of phenols is 1. The Bertz CT molecular complexity index is 967. The van der Waals surface area contributed by atoms with Crippen molar-refractivity contribution in [2.75, 3.05) is 6.61 Å². The molecule has 0 spiro atoms. The van der Waals surface area contributed by atoms with Crippen LogP contribution in [0, 0.1) is 0 Å². The monoisotopic (exact) mass is 425 g/mol. The van der Waals surface area contributed by atoms with Gasteiger partial charge in [0.05, 0.1) is 23.0 Å². The van der Waals surface area contributed by atoms with E-state index in [1.54, 1.807) is 18.2 Å². The Morgan fingerprint density at radius 1 is 1.17 bits per heavy atom. The van der Waals surface area contributed by atoms with Crippen LogP contribution in [0.15, 0.2) is 47.6 Å². The maximum atomic E-state index is 12.2. The average molecular weight is 426 g/mol. The number of para-hydroxylation sites is 1. The normalized spacial score (nSPS) is 11.2. The summed E-state index contributed by atoms with van der Waals surface area (Å²) in [4.78, 5) is 16.5. The molecule has 0 radical (unpaired) electrons. The second-order valence-electron chi connectivity index (χ2n) is 7.02. The lowest BCUT2D eigenvalue weighted by atomic mass is 10.1. The highest BCUT2D eigenvalue weighted by Crippen LogP contribution is 2.23. The number of phenolic OH excluding ortho intramolecular Hbond substituents is 1. The predicted molar refractivity (Wildman–Crippen MR) is 122 cm³/mol. The van der Waals surface area contributed by atoms with E-state index in [0.717, 1.165) is 23.1 Å². The Hall–Kier alpha value is -2.93. The van der Waals surface area contributed by atoms with Crippen molar-refractivity contribution in [2.24, 2.45) is 5.10 Å². The third-order valence-corrected chi connectivity index (χ3v) is 5.66. The highest BCUT2D eigenvalue weighted by molar-refractivity contribution is 7.20. The van der Waals surface area contributed by atoms with Crippen molar-refractivity contribution in [3.05, 3.63) is 53.0 Å². The maximum Gasteiger partial charge on any atom is 0.300 e. The van der Waals surface area contributed by atoms with Gasteiger partial charge in [-0.3, -0.25) is 4.79 Å². The number of aromatic hydroxyl groups is 1. The average Bonchev–Trinajstić information content (AvgIpc) is 3.19. The molecule has 3 rings (SSSR count). The zero-order chi connectivity index (χ0) is 21.2. The fraction of sp³-hybridized carbons (Fsp3) is 0.348. The number of hydrogen-bond donors (Lipinski definition) is 2. The van der Waals surface area contributed by atoms with Crippen LogP contribution in [0.3, 0.4) is 0 Å². The Kier molecular flexibility index (Phi) is 8.20. The Balaban J connectivity index is 1.46. The minimum atomic E-state index is -0.383. The molecule has 0 aliphatic rings. The quantitative estimate of drug-likeness (QED) is 0.241. The van der Waals surface area contributed by atoms with E-state index in [-0.39, 0.29) is 11.7 Å². The number of hydrogen-bond acceptors (Lipinski definition) is 6. The van der Waals surface area contributed by atoms with E-state index < -0.39 is 0 Å². The first-order valence-electron chi connectivity index (χ1n) is 10.3. The summed E-state index contributed by atoms with van der Waals surface area (Å²) < 4.78 is 6.64. The summed E-state index contributed by atoms with van der Waals surface area (Å²) >= 11 is 1.31. The van der Waals surface area contributed by atoms with Gasteiger partial charge in [0.25, 0.3) is 5.91 Å². The standard InChI is InChI=1S/C23H27N3O3S/c1-2-3-4-5-6-9-14-29-18-13-12-17(20(27)15-18)16-24-26-22(28)23-25-19-10-7-8-11-21(19)30-23/h7-8,10-13,15-16,27H,2-6,9,14H2,1H3,(H,26,28)/b24-16+. The van der Waals surface area contributed by atoms with Gasteiger partial charge in [-0.1, -0.05) is 51.2 Å². The van der Waals surface area contributed by atoms with Gasteiger partial charge < -0.3 is 9.84 Å². The molecule has 1 amide bonds. The summed E-state index contributed by atoms with van der Waals surface area (Å²) in [6.45, 7) is 2.84. The fourth-order valence-electron chi connectivity index (χ4n) is 2.97. The lowest BCUT2D eigenvalue weighted by Gasteiger charge is -2.07. The van der Waals surface area contributed by atoms with Crippen LogP contribution in [0.5, 0.6) is 11.5 Å². The van der Waals surface area contributed by atoms with Gasteiger partial charge in [0.2, 0.25) is 0 Å². The Labute approximate surface area is 180 Å². The van der Waals surface area contributed by atoms with Gasteiger partial charge in [0, 0.05) is 11.6 Å². The number of benzene rings is 2. The lowest BCUT2D eigenvalue weighted by Crippen LogP contribution is -2.17. The van der Waals surface area contributed by atoms with Crippen molar-refractivity contribution < 1.29 is 14.6 Å². The van der Waals surface area contributed by atoms with Gasteiger partial charge >= 0.3 is 0 Å². The van der Waals surface area contributed by atoms with Crippen LogP contribution in [-0.2, 0) is 0 Å². The summed E-state index contributed by atoms with van der Waals surface area (Å²) in [5, 5.41) is 14.4. The number of hydrazone groups is 1. The van der Waals surface area contributed by atoms with E-state index in [1.807, 2.05) is 24.3 Å². The van der Waals surface area contributed by atoms with E-state index in [9.17, 15) is 9.90 Å². The van der Waals surface area contributed by atoms with Crippen molar-refractivity contribution in [1.29, 1.82) is 0 Å². The molecule has 0 bridgehead atoms. The van der Waals surface area contributed by atoms with E-state index in [2.05, 4.69) is 22.4 Å².